The lowest BCUT2D eigenvalue weighted by Gasteiger charge is -2.23. The van der Waals surface area contributed by atoms with Gasteiger partial charge in [0, 0.05) is 24.7 Å². The molecule has 2 aromatic heterocycles. The lowest BCUT2D eigenvalue weighted by Crippen LogP contribution is -2.35. The third-order valence-corrected chi connectivity index (χ3v) is 4.63. The van der Waals surface area contributed by atoms with E-state index in [2.05, 4.69) is 20.6 Å². The molecule has 0 spiro atoms. The van der Waals surface area contributed by atoms with Gasteiger partial charge >= 0.3 is 0 Å². The quantitative estimate of drug-likeness (QED) is 0.694. The number of hydrogen-bond donors (Lipinski definition) is 2. The number of halogens is 2. The van der Waals surface area contributed by atoms with Crippen molar-refractivity contribution >= 4 is 29.4 Å². The maximum absolute atomic E-state index is 13.0. The van der Waals surface area contributed by atoms with Crippen molar-refractivity contribution in [1.29, 1.82) is 0 Å². The summed E-state index contributed by atoms with van der Waals surface area (Å²) in [5.41, 5.74) is 0.205. The third kappa shape index (κ3) is 4.23. The summed E-state index contributed by atoms with van der Waals surface area (Å²) in [6.45, 7) is 1.93. The number of hydrogen-bond acceptors (Lipinski definition) is 6. The number of aryl methyl sites for hydroxylation is 1. The van der Waals surface area contributed by atoms with Crippen LogP contribution in [0.1, 0.15) is 12.8 Å². The van der Waals surface area contributed by atoms with Crippen LogP contribution in [-0.4, -0.2) is 33.7 Å². The minimum atomic E-state index is -0.365. The first-order valence-electron chi connectivity index (χ1n) is 8.87. The normalized spacial score (nSPS) is 14.5. The van der Waals surface area contributed by atoms with E-state index in [1.54, 1.807) is 19.3 Å². The molecule has 28 heavy (non-hydrogen) atoms. The van der Waals surface area contributed by atoms with Gasteiger partial charge in [0.2, 0.25) is 5.95 Å². The van der Waals surface area contributed by atoms with Crippen molar-refractivity contribution in [3.63, 3.8) is 0 Å². The average Bonchev–Trinajstić information content (AvgIpc) is 2.69. The Morgan fingerprint density at radius 1 is 1.25 bits per heavy atom. The molecule has 2 N–H and O–H groups in total. The lowest BCUT2D eigenvalue weighted by atomic mass is 10.1. The van der Waals surface area contributed by atoms with Gasteiger partial charge in [0.1, 0.15) is 17.2 Å². The van der Waals surface area contributed by atoms with Crippen molar-refractivity contribution in [3.05, 3.63) is 52.7 Å². The summed E-state index contributed by atoms with van der Waals surface area (Å²) in [7, 11) is 1.64. The van der Waals surface area contributed by atoms with E-state index in [4.69, 9.17) is 4.74 Å². The Morgan fingerprint density at radius 2 is 1.96 bits per heavy atom. The number of aromatic nitrogens is 3. The second-order valence-corrected chi connectivity index (χ2v) is 6.57. The number of ether oxygens (including phenoxy) is 1. The van der Waals surface area contributed by atoms with Crippen LogP contribution in [0.15, 0.2) is 41.3 Å². The number of piperidine rings is 1. The molecule has 3 aromatic rings. The summed E-state index contributed by atoms with van der Waals surface area (Å²) in [6.07, 6.45) is 3.68. The number of anilines is 1. The fourth-order valence-corrected chi connectivity index (χ4v) is 3.14. The summed E-state index contributed by atoms with van der Waals surface area (Å²) in [5.74, 6) is 0.671. The Labute approximate surface area is 167 Å². The van der Waals surface area contributed by atoms with Crippen molar-refractivity contribution in [2.75, 3.05) is 18.4 Å². The van der Waals surface area contributed by atoms with Gasteiger partial charge in [0.25, 0.3) is 5.56 Å². The summed E-state index contributed by atoms with van der Waals surface area (Å²) < 4.78 is 20.1. The largest absolute Gasteiger partial charge is 0.452 e. The molecule has 1 aliphatic rings. The monoisotopic (exact) mass is 405 g/mol. The standard InChI is InChI=1S/C19H20FN5O2.ClH/c1-25-17-12(11-22-19(24-17)23-14-6-8-21-9-7-14)10-16(18(25)26)27-15-4-2-13(20)3-5-15;/h2-5,10-11,14,21H,6-9H2,1H3,(H,22,23,24);1H. The number of nitrogens with one attached hydrogen (secondary N) is 2. The van der Waals surface area contributed by atoms with Crippen LogP contribution in [0, 0.1) is 5.82 Å². The number of fused-ring (bicyclic) bond motifs is 1. The van der Waals surface area contributed by atoms with E-state index in [1.807, 2.05) is 0 Å². The molecule has 0 radical (unpaired) electrons. The van der Waals surface area contributed by atoms with Gasteiger partial charge in [-0.05, 0) is 56.3 Å². The summed E-state index contributed by atoms with van der Waals surface area (Å²) in [6, 6.07) is 7.44. The zero-order valence-corrected chi connectivity index (χ0v) is 16.1. The number of rotatable bonds is 4. The molecule has 0 saturated carbocycles. The van der Waals surface area contributed by atoms with Gasteiger partial charge in [-0.2, -0.15) is 4.98 Å². The van der Waals surface area contributed by atoms with Crippen molar-refractivity contribution in [1.82, 2.24) is 19.9 Å². The second kappa shape index (κ2) is 8.53. The maximum atomic E-state index is 13.0. The lowest BCUT2D eigenvalue weighted by molar-refractivity contribution is 0.469. The molecular formula is C19H21ClFN5O2. The molecule has 7 nitrogen and oxygen atoms in total. The van der Waals surface area contributed by atoms with Crippen molar-refractivity contribution in [2.45, 2.75) is 18.9 Å². The van der Waals surface area contributed by atoms with Crippen LogP contribution in [0.5, 0.6) is 11.5 Å². The van der Waals surface area contributed by atoms with E-state index in [1.165, 1.54) is 28.8 Å². The smallest absolute Gasteiger partial charge is 0.294 e. The van der Waals surface area contributed by atoms with Crippen LogP contribution >= 0.6 is 12.4 Å². The summed E-state index contributed by atoms with van der Waals surface area (Å²) in [4.78, 5) is 21.5. The van der Waals surface area contributed by atoms with Gasteiger partial charge in [0.15, 0.2) is 5.75 Å². The molecule has 3 heterocycles. The van der Waals surface area contributed by atoms with Crippen molar-refractivity contribution < 1.29 is 9.13 Å². The fourth-order valence-electron chi connectivity index (χ4n) is 3.14. The van der Waals surface area contributed by atoms with Crippen molar-refractivity contribution in [3.8, 4) is 11.5 Å². The molecule has 1 saturated heterocycles. The predicted molar refractivity (Wildman–Crippen MR) is 108 cm³/mol. The summed E-state index contributed by atoms with van der Waals surface area (Å²) in [5, 5.41) is 7.34. The van der Waals surface area contributed by atoms with E-state index in [0.717, 1.165) is 25.9 Å². The van der Waals surface area contributed by atoms with E-state index >= 15 is 0 Å². The highest BCUT2D eigenvalue weighted by Crippen LogP contribution is 2.22. The maximum Gasteiger partial charge on any atom is 0.294 e. The molecule has 1 aliphatic heterocycles. The number of benzene rings is 1. The molecular weight excluding hydrogens is 385 g/mol. The van der Waals surface area contributed by atoms with Crippen LogP contribution < -0.4 is 20.9 Å². The van der Waals surface area contributed by atoms with E-state index < -0.39 is 0 Å². The molecule has 9 heteroatoms. The highest BCUT2D eigenvalue weighted by atomic mass is 35.5. The van der Waals surface area contributed by atoms with Gasteiger partial charge in [-0.1, -0.05) is 0 Å². The molecule has 4 rings (SSSR count). The Morgan fingerprint density at radius 3 is 2.68 bits per heavy atom. The average molecular weight is 406 g/mol. The molecule has 1 fully saturated rings. The topological polar surface area (TPSA) is 81.1 Å². The van der Waals surface area contributed by atoms with Gasteiger partial charge in [0.05, 0.1) is 0 Å². The molecule has 0 aliphatic carbocycles. The Hall–Kier alpha value is -2.71. The van der Waals surface area contributed by atoms with E-state index in [0.29, 0.717) is 28.8 Å². The van der Waals surface area contributed by atoms with Crippen LogP contribution in [0.3, 0.4) is 0 Å². The van der Waals surface area contributed by atoms with E-state index in [9.17, 15) is 9.18 Å². The molecule has 1 aromatic carbocycles. The highest BCUT2D eigenvalue weighted by Gasteiger charge is 2.15. The first-order chi connectivity index (χ1) is 13.1. The van der Waals surface area contributed by atoms with Crippen LogP contribution in [0.25, 0.3) is 11.0 Å². The fraction of sp³-hybridized carbons (Fsp3) is 0.316. The predicted octanol–water partition coefficient (Wildman–Crippen LogP) is 2.85. The molecule has 0 atom stereocenters. The SMILES string of the molecule is Cl.Cn1c(=O)c(Oc2ccc(F)cc2)cc2cnc(NC3CCNCC3)nc21. The molecule has 0 unspecified atom stereocenters. The van der Waals surface area contributed by atoms with Crippen LogP contribution in [-0.2, 0) is 7.05 Å². The minimum absolute atomic E-state index is 0. The first kappa shape index (κ1) is 20.0. The van der Waals surface area contributed by atoms with Gasteiger partial charge in [-0.25, -0.2) is 9.37 Å². The molecule has 148 valence electrons. The van der Waals surface area contributed by atoms with Crippen LogP contribution in [0.4, 0.5) is 10.3 Å². The Bertz CT molecular complexity index is 1020. The van der Waals surface area contributed by atoms with Gasteiger partial charge in [-0.3, -0.25) is 9.36 Å². The first-order valence-corrected chi connectivity index (χ1v) is 8.87. The molecule has 0 bridgehead atoms. The Kier molecular flexibility index (Phi) is 6.11. The Balaban J connectivity index is 0.00000225. The molecule has 0 amide bonds. The zero-order chi connectivity index (χ0) is 18.8. The second-order valence-electron chi connectivity index (χ2n) is 6.57. The third-order valence-electron chi connectivity index (χ3n) is 4.63. The summed E-state index contributed by atoms with van der Waals surface area (Å²) >= 11 is 0. The highest BCUT2D eigenvalue weighted by molar-refractivity contribution is 5.85. The van der Waals surface area contributed by atoms with Gasteiger partial charge < -0.3 is 15.4 Å². The van der Waals surface area contributed by atoms with Crippen LogP contribution in [0.2, 0.25) is 0 Å². The number of nitrogens with zero attached hydrogens (tertiary/aromatic N) is 3. The zero-order valence-electron chi connectivity index (χ0n) is 15.3. The number of pyridine rings is 1. The van der Waals surface area contributed by atoms with Gasteiger partial charge in [-0.15, -0.1) is 12.4 Å². The van der Waals surface area contributed by atoms with E-state index in [-0.39, 0.29) is 29.5 Å². The minimum Gasteiger partial charge on any atom is -0.452 e. The van der Waals surface area contributed by atoms with Crippen molar-refractivity contribution in [2.24, 2.45) is 7.05 Å².